The molecule has 2 aromatic rings. The molecule has 0 spiro atoms. The number of hydrogen-bond acceptors (Lipinski definition) is 5. The lowest BCUT2D eigenvalue weighted by Crippen LogP contribution is -2.43. The number of nitrogens with zero attached hydrogens (tertiary/aromatic N) is 3. The number of nitrogens with one attached hydrogen (secondary N) is 1. The van der Waals surface area contributed by atoms with Crippen molar-refractivity contribution in [3.8, 4) is 0 Å². The summed E-state index contributed by atoms with van der Waals surface area (Å²) in [4.78, 5) is 17.2. The maximum atomic E-state index is 12.6. The molecule has 0 bridgehead atoms. The Morgan fingerprint density at radius 3 is 2.63 bits per heavy atom. The van der Waals surface area contributed by atoms with Crippen molar-refractivity contribution in [2.24, 2.45) is 0 Å². The van der Waals surface area contributed by atoms with Gasteiger partial charge in [0.1, 0.15) is 5.82 Å². The van der Waals surface area contributed by atoms with E-state index in [-0.39, 0.29) is 23.6 Å². The molecule has 1 amide bonds. The van der Waals surface area contributed by atoms with Crippen molar-refractivity contribution in [3.63, 3.8) is 0 Å². The van der Waals surface area contributed by atoms with E-state index in [2.05, 4.69) is 10.3 Å². The van der Waals surface area contributed by atoms with Crippen LogP contribution >= 0.6 is 0 Å². The Labute approximate surface area is 159 Å². The van der Waals surface area contributed by atoms with E-state index in [1.54, 1.807) is 0 Å². The molecule has 1 saturated heterocycles. The molecule has 1 aliphatic heterocycles. The number of sulfonamides is 1. The average Bonchev–Trinajstić information content (AvgIpc) is 3.02. The van der Waals surface area contributed by atoms with Gasteiger partial charge in [-0.3, -0.25) is 4.79 Å². The number of carbonyl (C=O) groups excluding carboxylic acids is 1. The third-order valence-corrected chi connectivity index (χ3v) is 6.32. The Morgan fingerprint density at radius 2 is 1.96 bits per heavy atom. The van der Waals surface area contributed by atoms with Gasteiger partial charge in [0.25, 0.3) is 5.91 Å². The molecule has 3 rings (SSSR count). The summed E-state index contributed by atoms with van der Waals surface area (Å²) in [5.41, 5.74) is 0.780. The van der Waals surface area contributed by atoms with E-state index < -0.39 is 10.0 Å². The van der Waals surface area contributed by atoms with Crippen LogP contribution in [0.1, 0.15) is 37.1 Å². The van der Waals surface area contributed by atoms with Crippen LogP contribution < -0.4 is 5.32 Å². The summed E-state index contributed by atoms with van der Waals surface area (Å²) in [5, 5.41) is 2.70. The van der Waals surface area contributed by atoms with Gasteiger partial charge in [-0.15, -0.1) is 0 Å². The van der Waals surface area contributed by atoms with E-state index in [4.69, 9.17) is 4.74 Å². The molecule has 27 heavy (non-hydrogen) atoms. The van der Waals surface area contributed by atoms with Crippen LogP contribution in [0.3, 0.4) is 0 Å². The fourth-order valence-corrected chi connectivity index (χ4v) is 4.39. The van der Waals surface area contributed by atoms with Crippen molar-refractivity contribution < 1.29 is 17.9 Å². The van der Waals surface area contributed by atoms with Crippen LogP contribution in [0.5, 0.6) is 0 Å². The molecule has 1 N–H and O–H groups in total. The number of fused-ring (bicyclic) bond motifs is 1. The Balaban J connectivity index is 1.72. The number of aromatic nitrogens is 2. The highest BCUT2D eigenvalue weighted by molar-refractivity contribution is 7.89. The molecule has 0 aromatic carbocycles. The van der Waals surface area contributed by atoms with Crippen molar-refractivity contribution in [3.05, 3.63) is 35.9 Å². The van der Waals surface area contributed by atoms with Gasteiger partial charge < -0.3 is 14.5 Å². The lowest BCUT2D eigenvalue weighted by Gasteiger charge is -2.25. The highest BCUT2D eigenvalue weighted by Crippen LogP contribution is 2.24. The van der Waals surface area contributed by atoms with Crippen molar-refractivity contribution in [2.75, 3.05) is 38.6 Å². The van der Waals surface area contributed by atoms with Gasteiger partial charge in [0.2, 0.25) is 10.0 Å². The first kappa shape index (κ1) is 19.8. The van der Waals surface area contributed by atoms with Crippen LogP contribution in [0.2, 0.25) is 0 Å². The molecule has 1 fully saturated rings. The molecular formula is C18H26N4O4S. The second-order valence-electron chi connectivity index (χ2n) is 7.57. The zero-order valence-electron chi connectivity index (χ0n) is 15.9. The summed E-state index contributed by atoms with van der Waals surface area (Å²) >= 11 is 0. The summed E-state index contributed by atoms with van der Waals surface area (Å²) in [6.45, 7) is 7.66. The number of rotatable bonds is 5. The molecule has 0 atom stereocenters. The first-order valence-electron chi connectivity index (χ1n) is 9.01. The number of carbonyl (C=O) groups is 1. The van der Waals surface area contributed by atoms with Crippen LogP contribution in [0.4, 0.5) is 0 Å². The average molecular weight is 394 g/mol. The minimum atomic E-state index is -3.41. The van der Waals surface area contributed by atoms with Gasteiger partial charge in [0.05, 0.1) is 24.5 Å². The summed E-state index contributed by atoms with van der Waals surface area (Å²) < 4.78 is 33.2. The van der Waals surface area contributed by atoms with Crippen LogP contribution in [-0.2, 0) is 20.2 Å². The topological polar surface area (TPSA) is 93.0 Å². The first-order chi connectivity index (χ1) is 12.7. The number of pyridine rings is 1. The summed E-state index contributed by atoms with van der Waals surface area (Å²) in [7, 11) is -3.41. The smallest absolute Gasteiger partial charge is 0.272 e. The first-order valence-corrected chi connectivity index (χ1v) is 10.6. The molecule has 1 aliphatic rings. The van der Waals surface area contributed by atoms with E-state index in [9.17, 15) is 13.2 Å². The van der Waals surface area contributed by atoms with Crippen molar-refractivity contribution in [1.82, 2.24) is 19.0 Å². The maximum absolute atomic E-state index is 12.6. The van der Waals surface area contributed by atoms with Crippen molar-refractivity contribution in [1.29, 1.82) is 0 Å². The van der Waals surface area contributed by atoms with Gasteiger partial charge in [-0.05, 0) is 12.1 Å². The Kier molecular flexibility index (Phi) is 5.55. The van der Waals surface area contributed by atoms with E-state index in [1.807, 2.05) is 49.6 Å². The molecule has 0 aliphatic carbocycles. The van der Waals surface area contributed by atoms with Crippen molar-refractivity contribution in [2.45, 2.75) is 26.2 Å². The Morgan fingerprint density at radius 1 is 1.26 bits per heavy atom. The van der Waals surface area contributed by atoms with Crippen LogP contribution in [0, 0.1) is 0 Å². The number of imidazole rings is 1. The molecule has 2 aromatic heterocycles. The van der Waals surface area contributed by atoms with Gasteiger partial charge >= 0.3 is 0 Å². The molecule has 8 nitrogen and oxygen atoms in total. The molecule has 0 unspecified atom stereocenters. The van der Waals surface area contributed by atoms with Gasteiger partial charge in [0, 0.05) is 31.2 Å². The summed E-state index contributed by atoms with van der Waals surface area (Å²) in [6, 6.07) is 5.57. The van der Waals surface area contributed by atoms with E-state index in [0.717, 1.165) is 5.82 Å². The zero-order chi connectivity index (χ0) is 19.7. The fraction of sp³-hybridized carbons (Fsp3) is 0.556. The largest absolute Gasteiger partial charge is 0.379 e. The number of ether oxygens (including phenoxy) is 1. The molecule has 148 valence electrons. The van der Waals surface area contributed by atoms with Gasteiger partial charge in [-0.2, -0.15) is 4.31 Å². The highest BCUT2D eigenvalue weighted by Gasteiger charge is 2.26. The van der Waals surface area contributed by atoms with Crippen LogP contribution in [0.15, 0.2) is 24.4 Å². The van der Waals surface area contributed by atoms with E-state index in [1.165, 1.54) is 4.31 Å². The molecule has 3 heterocycles. The lowest BCUT2D eigenvalue weighted by atomic mass is 9.96. The Bertz CT molecular complexity index is 924. The zero-order valence-corrected chi connectivity index (χ0v) is 16.8. The fourth-order valence-electron chi connectivity index (χ4n) is 3.07. The number of hydrogen-bond donors (Lipinski definition) is 1. The van der Waals surface area contributed by atoms with E-state index >= 15 is 0 Å². The predicted octanol–water partition coefficient (Wildman–Crippen LogP) is 1.02. The lowest BCUT2D eigenvalue weighted by molar-refractivity contribution is 0.0730. The number of amides is 1. The second kappa shape index (κ2) is 7.57. The standard InChI is InChI=1S/C18H26N4O4S/c1-18(2,3)17-20-15(14-6-4-5-8-22(14)17)16(23)19-7-13-27(24,25)21-9-11-26-12-10-21/h4-6,8H,7,9-13H2,1-3H3,(H,19,23). The minimum absolute atomic E-state index is 0.0369. The predicted molar refractivity (Wildman–Crippen MR) is 102 cm³/mol. The minimum Gasteiger partial charge on any atom is -0.379 e. The van der Waals surface area contributed by atoms with Crippen molar-refractivity contribution >= 4 is 21.4 Å². The normalized spacial score (nSPS) is 16.6. The van der Waals surface area contributed by atoms with Gasteiger partial charge in [-0.25, -0.2) is 13.4 Å². The Hall–Kier alpha value is -1.97. The third kappa shape index (κ3) is 4.31. The maximum Gasteiger partial charge on any atom is 0.272 e. The molecular weight excluding hydrogens is 368 g/mol. The summed E-state index contributed by atoms with van der Waals surface area (Å²) in [6.07, 6.45) is 1.88. The second-order valence-corrected chi connectivity index (χ2v) is 9.66. The molecule has 0 radical (unpaired) electrons. The van der Waals surface area contributed by atoms with Gasteiger partial charge in [0.15, 0.2) is 5.69 Å². The molecule has 0 saturated carbocycles. The van der Waals surface area contributed by atoms with E-state index in [0.29, 0.717) is 37.5 Å². The monoisotopic (exact) mass is 394 g/mol. The number of morpholine rings is 1. The summed E-state index contributed by atoms with van der Waals surface area (Å²) in [5.74, 6) is 0.270. The SMILES string of the molecule is CC(C)(C)c1nc(C(=O)NCCS(=O)(=O)N2CCOCC2)c2ccccn12. The highest BCUT2D eigenvalue weighted by atomic mass is 32.2. The van der Waals surface area contributed by atoms with Crippen LogP contribution in [0.25, 0.3) is 5.52 Å². The molecule has 9 heteroatoms. The van der Waals surface area contributed by atoms with Crippen LogP contribution in [-0.4, -0.2) is 66.6 Å². The van der Waals surface area contributed by atoms with Gasteiger partial charge in [-0.1, -0.05) is 26.8 Å². The quantitative estimate of drug-likeness (QED) is 0.817. The third-order valence-electron chi connectivity index (χ3n) is 4.44.